The van der Waals surface area contributed by atoms with Gasteiger partial charge in [-0.05, 0) is 37.0 Å². The maximum atomic E-state index is 3.49. The molecule has 0 spiro atoms. The summed E-state index contributed by atoms with van der Waals surface area (Å²) in [5.41, 5.74) is 2.70. The molecule has 0 saturated carbocycles. The zero-order chi connectivity index (χ0) is 11.1. The molecular weight excluding hydrogens is 202 g/mol. The lowest BCUT2D eigenvalue weighted by atomic mass is 10.1. The van der Waals surface area contributed by atoms with Crippen LogP contribution in [0.1, 0.15) is 18.1 Å². The molecule has 1 aromatic carbocycles. The van der Waals surface area contributed by atoms with Crippen molar-refractivity contribution in [3.8, 4) is 0 Å². The van der Waals surface area contributed by atoms with Crippen LogP contribution in [0.4, 0.5) is 0 Å². The quantitative estimate of drug-likeness (QED) is 0.795. The molecular formula is C13H21NS. The van der Waals surface area contributed by atoms with E-state index < -0.39 is 0 Å². The van der Waals surface area contributed by atoms with Gasteiger partial charge in [-0.3, -0.25) is 0 Å². The van der Waals surface area contributed by atoms with Gasteiger partial charge in [-0.1, -0.05) is 36.8 Å². The number of hydrogen-bond acceptors (Lipinski definition) is 2. The van der Waals surface area contributed by atoms with Crippen LogP contribution < -0.4 is 5.32 Å². The summed E-state index contributed by atoms with van der Waals surface area (Å²) < 4.78 is 0. The van der Waals surface area contributed by atoms with Crippen LogP contribution in [0.15, 0.2) is 24.3 Å². The maximum Gasteiger partial charge on any atom is 0.0205 e. The fourth-order valence-electron chi connectivity index (χ4n) is 1.51. The number of benzene rings is 1. The van der Waals surface area contributed by atoms with Crippen molar-refractivity contribution < 1.29 is 0 Å². The summed E-state index contributed by atoms with van der Waals surface area (Å²) in [6, 6.07) is 8.73. The number of aryl methyl sites for hydroxylation is 1. The van der Waals surface area contributed by atoms with Gasteiger partial charge in [0.2, 0.25) is 0 Å². The summed E-state index contributed by atoms with van der Waals surface area (Å²) in [5, 5.41) is 3.49. The van der Waals surface area contributed by atoms with Crippen LogP contribution in [-0.2, 0) is 6.54 Å². The molecule has 1 aromatic rings. The first-order valence-electron chi connectivity index (χ1n) is 5.47. The van der Waals surface area contributed by atoms with Gasteiger partial charge in [0, 0.05) is 6.54 Å². The van der Waals surface area contributed by atoms with Gasteiger partial charge < -0.3 is 5.32 Å². The van der Waals surface area contributed by atoms with Crippen molar-refractivity contribution in [2.24, 2.45) is 5.92 Å². The van der Waals surface area contributed by atoms with E-state index in [0.717, 1.165) is 19.0 Å². The van der Waals surface area contributed by atoms with Gasteiger partial charge in [0.25, 0.3) is 0 Å². The van der Waals surface area contributed by atoms with Crippen LogP contribution in [0.3, 0.4) is 0 Å². The second kappa shape index (κ2) is 6.91. The molecule has 0 bridgehead atoms. The lowest BCUT2D eigenvalue weighted by Gasteiger charge is -2.11. The number of nitrogens with one attached hydrogen (secondary N) is 1. The predicted molar refractivity (Wildman–Crippen MR) is 70.4 cm³/mol. The van der Waals surface area contributed by atoms with Crippen LogP contribution >= 0.6 is 11.8 Å². The van der Waals surface area contributed by atoms with Gasteiger partial charge in [0.15, 0.2) is 0 Å². The molecule has 1 rings (SSSR count). The molecule has 1 nitrogen and oxygen atoms in total. The zero-order valence-corrected chi connectivity index (χ0v) is 10.7. The molecule has 1 atom stereocenters. The monoisotopic (exact) mass is 223 g/mol. The summed E-state index contributed by atoms with van der Waals surface area (Å²) >= 11 is 1.92. The third-order valence-corrected chi connectivity index (χ3v) is 3.30. The van der Waals surface area contributed by atoms with Gasteiger partial charge in [-0.2, -0.15) is 11.8 Å². The van der Waals surface area contributed by atoms with Gasteiger partial charge >= 0.3 is 0 Å². The van der Waals surface area contributed by atoms with Crippen molar-refractivity contribution in [2.45, 2.75) is 20.4 Å². The molecule has 1 unspecified atom stereocenters. The summed E-state index contributed by atoms with van der Waals surface area (Å²) in [4.78, 5) is 0. The summed E-state index contributed by atoms with van der Waals surface area (Å²) in [6.45, 7) is 6.50. The Morgan fingerprint density at radius 3 is 2.53 bits per heavy atom. The first kappa shape index (κ1) is 12.6. The van der Waals surface area contributed by atoms with Gasteiger partial charge in [-0.25, -0.2) is 0 Å². The first-order chi connectivity index (χ1) is 7.22. The Bertz CT molecular complexity index is 268. The minimum absolute atomic E-state index is 0.755. The molecule has 0 heterocycles. The fraction of sp³-hybridized carbons (Fsp3) is 0.538. The number of hydrogen-bond donors (Lipinski definition) is 1. The molecule has 0 fully saturated rings. The molecule has 15 heavy (non-hydrogen) atoms. The Morgan fingerprint density at radius 2 is 1.93 bits per heavy atom. The molecule has 2 heteroatoms. The zero-order valence-electron chi connectivity index (χ0n) is 9.92. The SMILES string of the molecule is CSCC(C)CNCc1ccc(C)cc1. The third kappa shape index (κ3) is 5.24. The maximum absolute atomic E-state index is 3.49. The highest BCUT2D eigenvalue weighted by Gasteiger charge is 1.99. The average molecular weight is 223 g/mol. The highest BCUT2D eigenvalue weighted by molar-refractivity contribution is 7.98. The smallest absolute Gasteiger partial charge is 0.0205 e. The lowest BCUT2D eigenvalue weighted by molar-refractivity contribution is 0.559. The molecule has 0 aromatic heterocycles. The van der Waals surface area contributed by atoms with E-state index in [2.05, 4.69) is 49.7 Å². The molecule has 1 N–H and O–H groups in total. The Balaban J connectivity index is 2.22. The third-order valence-electron chi connectivity index (χ3n) is 2.39. The van der Waals surface area contributed by atoms with Crippen LogP contribution in [0, 0.1) is 12.8 Å². The number of rotatable bonds is 6. The first-order valence-corrected chi connectivity index (χ1v) is 6.87. The molecule has 0 aliphatic heterocycles. The van der Waals surface area contributed by atoms with Crippen LogP contribution in [0.2, 0.25) is 0 Å². The standard InChI is InChI=1S/C13H21NS/c1-11-4-6-13(7-5-11)9-14-8-12(2)10-15-3/h4-7,12,14H,8-10H2,1-3H3. The lowest BCUT2D eigenvalue weighted by Crippen LogP contribution is -2.21. The summed E-state index contributed by atoms with van der Waals surface area (Å²) in [5.74, 6) is 1.99. The predicted octanol–water partition coefficient (Wildman–Crippen LogP) is 3.08. The van der Waals surface area contributed by atoms with E-state index in [1.807, 2.05) is 11.8 Å². The van der Waals surface area contributed by atoms with Crippen LogP contribution in [0.25, 0.3) is 0 Å². The largest absolute Gasteiger partial charge is 0.312 e. The van der Waals surface area contributed by atoms with Crippen molar-refractivity contribution >= 4 is 11.8 Å². The Hall–Kier alpha value is -0.470. The molecule has 0 radical (unpaired) electrons. The van der Waals surface area contributed by atoms with E-state index in [0.29, 0.717) is 0 Å². The molecule has 84 valence electrons. The van der Waals surface area contributed by atoms with Crippen molar-refractivity contribution in [1.29, 1.82) is 0 Å². The molecule has 0 saturated heterocycles. The van der Waals surface area contributed by atoms with E-state index in [1.165, 1.54) is 16.9 Å². The molecule has 0 aliphatic carbocycles. The average Bonchev–Trinajstić information content (AvgIpc) is 2.21. The van der Waals surface area contributed by atoms with Gasteiger partial charge in [0.05, 0.1) is 0 Å². The van der Waals surface area contributed by atoms with E-state index in [9.17, 15) is 0 Å². The van der Waals surface area contributed by atoms with Crippen LogP contribution in [0.5, 0.6) is 0 Å². The van der Waals surface area contributed by atoms with Crippen molar-refractivity contribution in [3.63, 3.8) is 0 Å². The van der Waals surface area contributed by atoms with Crippen molar-refractivity contribution in [3.05, 3.63) is 35.4 Å². The van der Waals surface area contributed by atoms with Crippen molar-refractivity contribution in [1.82, 2.24) is 5.32 Å². The minimum Gasteiger partial charge on any atom is -0.312 e. The Labute approximate surface area is 97.7 Å². The number of thioether (sulfide) groups is 1. The van der Waals surface area contributed by atoms with Gasteiger partial charge in [-0.15, -0.1) is 0 Å². The Kier molecular flexibility index (Phi) is 5.81. The molecule has 0 aliphatic rings. The normalized spacial score (nSPS) is 12.7. The fourth-order valence-corrected chi connectivity index (χ4v) is 2.20. The second-order valence-corrected chi connectivity index (χ2v) is 5.09. The van der Waals surface area contributed by atoms with Gasteiger partial charge in [0.1, 0.15) is 0 Å². The van der Waals surface area contributed by atoms with E-state index in [4.69, 9.17) is 0 Å². The summed E-state index contributed by atoms with van der Waals surface area (Å²) in [7, 11) is 0. The van der Waals surface area contributed by atoms with Crippen LogP contribution in [-0.4, -0.2) is 18.6 Å². The topological polar surface area (TPSA) is 12.0 Å². The summed E-state index contributed by atoms with van der Waals surface area (Å²) in [6.07, 6.45) is 2.16. The Morgan fingerprint density at radius 1 is 1.27 bits per heavy atom. The van der Waals surface area contributed by atoms with E-state index in [-0.39, 0.29) is 0 Å². The highest BCUT2D eigenvalue weighted by atomic mass is 32.2. The highest BCUT2D eigenvalue weighted by Crippen LogP contribution is 2.05. The van der Waals surface area contributed by atoms with E-state index in [1.54, 1.807) is 0 Å². The minimum atomic E-state index is 0.755. The second-order valence-electron chi connectivity index (χ2n) is 4.18. The van der Waals surface area contributed by atoms with E-state index >= 15 is 0 Å². The van der Waals surface area contributed by atoms with Crippen molar-refractivity contribution in [2.75, 3.05) is 18.6 Å². The molecule has 0 amide bonds.